The summed E-state index contributed by atoms with van der Waals surface area (Å²) in [6, 6.07) is 7.80. The van der Waals surface area contributed by atoms with Gasteiger partial charge >= 0.3 is 0 Å². The number of aliphatic hydroxyl groups excluding tert-OH is 1. The molecule has 0 aliphatic carbocycles. The van der Waals surface area contributed by atoms with Crippen molar-refractivity contribution in [1.82, 2.24) is 0 Å². The molecule has 0 heterocycles. The van der Waals surface area contributed by atoms with Gasteiger partial charge in [0.25, 0.3) is 0 Å². The molecule has 0 saturated heterocycles. The molecule has 1 aromatic carbocycles. The first-order valence-electron chi connectivity index (χ1n) is 4.81. The third-order valence-electron chi connectivity index (χ3n) is 2.15. The Bertz CT molecular complexity index is 272. The molecular formula is C11H17NO2. The summed E-state index contributed by atoms with van der Waals surface area (Å²) in [7, 11) is 1.64. The van der Waals surface area contributed by atoms with Crippen LogP contribution in [0.4, 0.5) is 5.69 Å². The Kier molecular flexibility index (Phi) is 4.26. The largest absolute Gasteiger partial charge is 0.497 e. The van der Waals surface area contributed by atoms with Crippen molar-refractivity contribution < 1.29 is 9.84 Å². The fourth-order valence-electron chi connectivity index (χ4n) is 1.23. The molecule has 14 heavy (non-hydrogen) atoms. The van der Waals surface area contributed by atoms with Crippen LogP contribution in [0.2, 0.25) is 0 Å². The van der Waals surface area contributed by atoms with Gasteiger partial charge in [0.15, 0.2) is 0 Å². The van der Waals surface area contributed by atoms with E-state index in [0.29, 0.717) is 0 Å². The van der Waals surface area contributed by atoms with Crippen LogP contribution < -0.4 is 10.1 Å². The average Bonchev–Trinajstić information content (AvgIpc) is 2.26. The van der Waals surface area contributed by atoms with Crippen molar-refractivity contribution >= 4 is 5.69 Å². The van der Waals surface area contributed by atoms with E-state index in [4.69, 9.17) is 9.84 Å². The van der Waals surface area contributed by atoms with Crippen molar-refractivity contribution in [3.63, 3.8) is 0 Å². The number of aliphatic hydroxyl groups is 1. The quantitative estimate of drug-likeness (QED) is 0.753. The van der Waals surface area contributed by atoms with Crippen LogP contribution in [0.15, 0.2) is 24.3 Å². The van der Waals surface area contributed by atoms with Crippen molar-refractivity contribution in [2.45, 2.75) is 19.4 Å². The van der Waals surface area contributed by atoms with Crippen LogP contribution in [-0.2, 0) is 0 Å². The lowest BCUT2D eigenvalue weighted by Crippen LogP contribution is -2.22. The van der Waals surface area contributed by atoms with Crippen LogP contribution in [0.5, 0.6) is 5.75 Å². The number of ether oxygens (including phenoxy) is 1. The smallest absolute Gasteiger partial charge is 0.120 e. The van der Waals surface area contributed by atoms with Crippen LogP contribution in [0.1, 0.15) is 13.3 Å². The Balaban J connectivity index is 2.65. The van der Waals surface area contributed by atoms with Gasteiger partial charge in [0.2, 0.25) is 0 Å². The molecule has 0 fully saturated rings. The van der Waals surface area contributed by atoms with E-state index in [-0.39, 0.29) is 12.6 Å². The summed E-state index contributed by atoms with van der Waals surface area (Å²) >= 11 is 0. The van der Waals surface area contributed by atoms with Crippen molar-refractivity contribution in [3.05, 3.63) is 24.3 Å². The maximum atomic E-state index is 9.02. The van der Waals surface area contributed by atoms with Crippen LogP contribution >= 0.6 is 0 Å². The lowest BCUT2D eigenvalue weighted by molar-refractivity contribution is 0.272. The second kappa shape index (κ2) is 5.50. The molecule has 1 unspecified atom stereocenters. The fourth-order valence-corrected chi connectivity index (χ4v) is 1.23. The molecule has 0 spiro atoms. The van der Waals surface area contributed by atoms with Gasteiger partial charge in [0.1, 0.15) is 5.75 Å². The SMILES string of the molecule is CCC(CO)Nc1cccc(OC)c1. The van der Waals surface area contributed by atoms with Gasteiger partial charge in [-0.05, 0) is 18.6 Å². The Morgan fingerprint density at radius 2 is 2.29 bits per heavy atom. The molecule has 0 radical (unpaired) electrons. The minimum atomic E-state index is 0.113. The number of anilines is 1. The summed E-state index contributed by atoms with van der Waals surface area (Å²) < 4.78 is 5.10. The van der Waals surface area contributed by atoms with E-state index >= 15 is 0 Å². The highest BCUT2D eigenvalue weighted by Gasteiger charge is 2.03. The Morgan fingerprint density at radius 1 is 1.50 bits per heavy atom. The maximum Gasteiger partial charge on any atom is 0.120 e. The minimum Gasteiger partial charge on any atom is -0.497 e. The molecule has 0 saturated carbocycles. The average molecular weight is 195 g/mol. The van der Waals surface area contributed by atoms with Gasteiger partial charge in [0, 0.05) is 17.8 Å². The summed E-state index contributed by atoms with van der Waals surface area (Å²) in [4.78, 5) is 0. The molecule has 1 rings (SSSR count). The lowest BCUT2D eigenvalue weighted by atomic mass is 10.2. The van der Waals surface area contributed by atoms with E-state index in [1.165, 1.54) is 0 Å². The monoisotopic (exact) mass is 195 g/mol. The molecule has 1 atom stereocenters. The van der Waals surface area contributed by atoms with E-state index in [1.54, 1.807) is 7.11 Å². The van der Waals surface area contributed by atoms with Gasteiger partial charge in [-0.15, -0.1) is 0 Å². The van der Waals surface area contributed by atoms with Crippen LogP contribution in [0.3, 0.4) is 0 Å². The highest BCUT2D eigenvalue weighted by Crippen LogP contribution is 2.17. The van der Waals surface area contributed by atoms with Crippen LogP contribution in [0, 0.1) is 0 Å². The Labute approximate surface area is 84.7 Å². The van der Waals surface area contributed by atoms with Gasteiger partial charge in [-0.3, -0.25) is 0 Å². The van der Waals surface area contributed by atoms with Crippen molar-refractivity contribution in [3.8, 4) is 5.75 Å². The molecule has 0 aromatic heterocycles. The zero-order valence-corrected chi connectivity index (χ0v) is 8.66. The molecule has 1 aromatic rings. The molecular weight excluding hydrogens is 178 g/mol. The number of nitrogens with one attached hydrogen (secondary N) is 1. The number of rotatable bonds is 5. The molecule has 0 amide bonds. The van der Waals surface area contributed by atoms with Gasteiger partial charge < -0.3 is 15.2 Å². The second-order valence-corrected chi connectivity index (χ2v) is 3.16. The maximum absolute atomic E-state index is 9.02. The predicted octanol–water partition coefficient (Wildman–Crippen LogP) is 1.88. The first-order chi connectivity index (χ1) is 6.80. The van der Waals surface area contributed by atoms with Crippen molar-refractivity contribution in [1.29, 1.82) is 0 Å². The Hall–Kier alpha value is -1.22. The first kappa shape index (κ1) is 10.9. The second-order valence-electron chi connectivity index (χ2n) is 3.16. The van der Waals surface area contributed by atoms with E-state index in [1.807, 2.05) is 31.2 Å². The highest BCUT2D eigenvalue weighted by atomic mass is 16.5. The molecule has 0 aliphatic rings. The normalized spacial score (nSPS) is 12.2. The summed E-state index contributed by atoms with van der Waals surface area (Å²) in [5.74, 6) is 0.822. The van der Waals surface area contributed by atoms with Gasteiger partial charge in [0.05, 0.1) is 13.7 Å². The highest BCUT2D eigenvalue weighted by molar-refractivity contribution is 5.48. The zero-order chi connectivity index (χ0) is 10.4. The lowest BCUT2D eigenvalue weighted by Gasteiger charge is -2.15. The Morgan fingerprint density at radius 3 is 2.86 bits per heavy atom. The van der Waals surface area contributed by atoms with E-state index in [9.17, 15) is 0 Å². The van der Waals surface area contributed by atoms with Crippen molar-refractivity contribution in [2.24, 2.45) is 0 Å². The van der Waals surface area contributed by atoms with E-state index < -0.39 is 0 Å². The summed E-state index contributed by atoms with van der Waals surface area (Å²) in [6.45, 7) is 2.18. The number of hydrogen-bond donors (Lipinski definition) is 2. The topological polar surface area (TPSA) is 41.5 Å². The van der Waals surface area contributed by atoms with Crippen LogP contribution in [-0.4, -0.2) is 24.9 Å². The van der Waals surface area contributed by atoms with Crippen molar-refractivity contribution in [2.75, 3.05) is 19.0 Å². The number of hydrogen-bond acceptors (Lipinski definition) is 3. The fraction of sp³-hybridized carbons (Fsp3) is 0.455. The third kappa shape index (κ3) is 2.92. The molecule has 2 N–H and O–H groups in total. The van der Waals surface area contributed by atoms with Crippen LogP contribution in [0.25, 0.3) is 0 Å². The predicted molar refractivity (Wildman–Crippen MR) is 57.8 cm³/mol. The summed E-state index contributed by atoms with van der Waals surface area (Å²) in [5.41, 5.74) is 0.977. The number of benzene rings is 1. The van der Waals surface area contributed by atoms with Gasteiger partial charge in [-0.2, -0.15) is 0 Å². The molecule has 0 aliphatic heterocycles. The molecule has 0 bridgehead atoms. The summed E-state index contributed by atoms with van der Waals surface area (Å²) in [6.07, 6.45) is 0.897. The van der Waals surface area contributed by atoms with E-state index in [2.05, 4.69) is 5.32 Å². The zero-order valence-electron chi connectivity index (χ0n) is 8.66. The summed E-state index contributed by atoms with van der Waals surface area (Å²) in [5, 5.41) is 12.2. The number of methoxy groups -OCH3 is 1. The van der Waals surface area contributed by atoms with Gasteiger partial charge in [-0.1, -0.05) is 13.0 Å². The van der Waals surface area contributed by atoms with E-state index in [0.717, 1.165) is 17.9 Å². The van der Waals surface area contributed by atoms with Gasteiger partial charge in [-0.25, -0.2) is 0 Å². The molecule has 78 valence electrons. The third-order valence-corrected chi connectivity index (χ3v) is 2.15. The molecule has 3 heteroatoms. The minimum absolute atomic E-state index is 0.113. The molecule has 3 nitrogen and oxygen atoms in total. The first-order valence-corrected chi connectivity index (χ1v) is 4.81. The standard InChI is InChI=1S/C11H17NO2/c1-3-9(8-13)12-10-5-4-6-11(7-10)14-2/h4-7,9,12-13H,3,8H2,1-2H3.